The molecule has 1 aromatic carbocycles. The summed E-state index contributed by atoms with van der Waals surface area (Å²) >= 11 is 0. The van der Waals surface area contributed by atoms with Crippen molar-refractivity contribution in [3.8, 4) is 11.3 Å². The molecule has 0 amide bonds. The smallest absolute Gasteiger partial charge is 0.365 e. The molecule has 0 radical (unpaired) electrons. The molecule has 0 N–H and O–H groups in total. The lowest BCUT2D eigenvalue weighted by atomic mass is 10.1. The molecule has 0 fully saturated rings. The zero-order valence-corrected chi connectivity index (χ0v) is 10.9. The average Bonchev–Trinajstić information content (AvgIpc) is 2.92. The second-order valence-corrected chi connectivity index (χ2v) is 4.95. The van der Waals surface area contributed by atoms with E-state index in [0.29, 0.717) is 0 Å². The lowest BCUT2D eigenvalue weighted by Gasteiger charge is -1.88. The van der Waals surface area contributed by atoms with Gasteiger partial charge >= 0.3 is 11.3 Å². The fourth-order valence-electron chi connectivity index (χ4n) is 2.70. The van der Waals surface area contributed by atoms with Gasteiger partial charge in [0.2, 0.25) is 0 Å². The van der Waals surface area contributed by atoms with Gasteiger partial charge in [-0.05, 0) is 37.6 Å². The average molecular weight is 249 g/mol. The quantitative estimate of drug-likeness (QED) is 0.401. The Bertz CT molecular complexity index is 887. The van der Waals surface area contributed by atoms with Crippen LogP contribution in [0.1, 0.15) is 11.3 Å². The Kier molecular flexibility index (Phi) is 1.99. The van der Waals surface area contributed by atoms with Gasteiger partial charge in [0.15, 0.2) is 5.58 Å². The van der Waals surface area contributed by atoms with E-state index in [4.69, 9.17) is 8.83 Å². The van der Waals surface area contributed by atoms with Gasteiger partial charge in [-0.3, -0.25) is 0 Å². The number of para-hydroxylation sites is 1. The maximum Gasteiger partial charge on any atom is 0.365 e. The summed E-state index contributed by atoms with van der Waals surface area (Å²) in [5.74, 6) is 1.80. The molecule has 2 aromatic rings. The van der Waals surface area contributed by atoms with Gasteiger partial charge in [-0.25, -0.2) is 4.42 Å². The number of rotatable bonds is 0. The van der Waals surface area contributed by atoms with Crippen molar-refractivity contribution in [2.24, 2.45) is 0 Å². The molecular weight excluding hydrogens is 236 g/mol. The van der Waals surface area contributed by atoms with Crippen molar-refractivity contribution in [3.63, 3.8) is 0 Å². The SMILES string of the molecule is Cc1cc2c(C)ccc3[o+]c4ccccc4c-3c2o1. The minimum Gasteiger partial charge on any atom is -0.460 e. The third kappa shape index (κ3) is 1.40. The number of benzene rings is 1. The van der Waals surface area contributed by atoms with E-state index in [2.05, 4.69) is 25.1 Å². The van der Waals surface area contributed by atoms with Crippen LogP contribution in [0, 0.1) is 13.8 Å². The van der Waals surface area contributed by atoms with Crippen molar-refractivity contribution in [1.82, 2.24) is 0 Å². The van der Waals surface area contributed by atoms with E-state index in [1.165, 1.54) is 5.56 Å². The van der Waals surface area contributed by atoms with Crippen LogP contribution in [0.5, 0.6) is 0 Å². The van der Waals surface area contributed by atoms with E-state index in [1.807, 2.05) is 31.2 Å². The molecule has 0 spiro atoms. The number of furan rings is 2. The zero-order chi connectivity index (χ0) is 13.0. The maximum atomic E-state index is 5.93. The summed E-state index contributed by atoms with van der Waals surface area (Å²) in [7, 11) is 0. The minimum atomic E-state index is 0.869. The highest BCUT2D eigenvalue weighted by Gasteiger charge is 2.28. The topological polar surface area (TPSA) is 24.4 Å². The second kappa shape index (κ2) is 3.58. The second-order valence-electron chi connectivity index (χ2n) is 4.95. The lowest BCUT2D eigenvalue weighted by molar-refractivity contribution is 0.577. The van der Waals surface area contributed by atoms with Crippen LogP contribution >= 0.6 is 0 Å². The summed E-state index contributed by atoms with van der Waals surface area (Å²) in [6.07, 6.45) is 0. The van der Waals surface area contributed by atoms with Gasteiger partial charge in [-0.1, -0.05) is 12.1 Å². The van der Waals surface area contributed by atoms with Crippen LogP contribution in [0.3, 0.4) is 0 Å². The van der Waals surface area contributed by atoms with E-state index in [-0.39, 0.29) is 0 Å². The molecule has 0 unspecified atom stereocenters. The molecule has 0 saturated heterocycles. The Balaban J connectivity index is 2.34. The predicted octanol–water partition coefficient (Wildman–Crippen LogP) is 5.18. The molecule has 92 valence electrons. The van der Waals surface area contributed by atoms with Gasteiger partial charge in [-0.15, -0.1) is 0 Å². The van der Waals surface area contributed by atoms with E-state index < -0.39 is 0 Å². The first kappa shape index (κ1) is 10.6. The highest BCUT2D eigenvalue weighted by molar-refractivity contribution is 6.06. The molecule has 2 nitrogen and oxygen atoms in total. The number of aryl methyl sites for hydroxylation is 2. The first-order valence-corrected chi connectivity index (χ1v) is 6.38. The standard InChI is InChI=1S/C17H13O2/c1-10-7-8-15-16(17-13(10)9-11(2)18-17)12-5-3-4-6-14(12)19-15/h3-9H,1-2H3/q+1. The van der Waals surface area contributed by atoms with E-state index >= 15 is 0 Å². The molecule has 2 aliphatic rings. The predicted molar refractivity (Wildman–Crippen MR) is 76.5 cm³/mol. The van der Waals surface area contributed by atoms with Crippen LogP contribution < -0.4 is 0 Å². The number of hydrogen-bond acceptors (Lipinski definition) is 1. The molecule has 0 bridgehead atoms. The molecule has 4 rings (SSSR count). The van der Waals surface area contributed by atoms with Crippen molar-refractivity contribution < 1.29 is 8.83 Å². The van der Waals surface area contributed by atoms with Crippen molar-refractivity contribution in [1.29, 1.82) is 0 Å². The van der Waals surface area contributed by atoms with Crippen molar-refractivity contribution in [3.05, 3.63) is 53.8 Å². The first-order chi connectivity index (χ1) is 9.24. The molecule has 1 aromatic heterocycles. The van der Waals surface area contributed by atoms with Crippen LogP contribution in [0.15, 0.2) is 51.3 Å². The monoisotopic (exact) mass is 249 g/mol. The fourth-order valence-corrected chi connectivity index (χ4v) is 2.70. The molecule has 2 heterocycles. The molecule has 19 heavy (non-hydrogen) atoms. The van der Waals surface area contributed by atoms with Gasteiger partial charge in [-0.2, -0.15) is 0 Å². The number of hydrogen-bond donors (Lipinski definition) is 0. The molecule has 0 atom stereocenters. The fraction of sp³-hybridized carbons (Fsp3) is 0.118. The highest BCUT2D eigenvalue weighted by atomic mass is 16.4. The van der Waals surface area contributed by atoms with E-state index in [9.17, 15) is 0 Å². The third-order valence-corrected chi connectivity index (χ3v) is 3.61. The zero-order valence-electron chi connectivity index (χ0n) is 10.9. The van der Waals surface area contributed by atoms with Gasteiger partial charge in [0.1, 0.15) is 11.3 Å². The van der Waals surface area contributed by atoms with E-state index in [0.717, 1.165) is 39.0 Å². The summed E-state index contributed by atoms with van der Waals surface area (Å²) in [5.41, 5.74) is 4.07. The number of fused-ring (bicyclic) bond motifs is 5. The molecule has 1 aliphatic heterocycles. The summed E-state index contributed by atoms with van der Waals surface area (Å²) in [6.45, 7) is 4.08. The van der Waals surface area contributed by atoms with E-state index in [1.54, 1.807) is 0 Å². The summed E-state index contributed by atoms with van der Waals surface area (Å²) in [4.78, 5) is 0. The molecular formula is C17H13O2+. The molecule has 1 aliphatic carbocycles. The van der Waals surface area contributed by atoms with Gasteiger partial charge in [0.05, 0.1) is 5.39 Å². The van der Waals surface area contributed by atoms with Crippen molar-refractivity contribution >= 4 is 21.9 Å². The van der Waals surface area contributed by atoms with Gasteiger partial charge < -0.3 is 4.42 Å². The van der Waals surface area contributed by atoms with Crippen molar-refractivity contribution in [2.75, 3.05) is 0 Å². The Labute approximate surface area is 110 Å². The summed E-state index contributed by atoms with van der Waals surface area (Å²) in [5, 5.41) is 2.26. The Morgan fingerprint density at radius 3 is 2.68 bits per heavy atom. The van der Waals surface area contributed by atoms with Crippen LogP contribution in [-0.4, -0.2) is 0 Å². The van der Waals surface area contributed by atoms with Gasteiger partial charge in [0, 0.05) is 17.5 Å². The van der Waals surface area contributed by atoms with Crippen LogP contribution in [-0.2, 0) is 0 Å². The highest BCUT2D eigenvalue weighted by Crippen LogP contribution is 2.40. The largest absolute Gasteiger partial charge is 0.460 e. The van der Waals surface area contributed by atoms with Crippen LogP contribution in [0.4, 0.5) is 0 Å². The molecule has 2 heteroatoms. The summed E-state index contributed by atoms with van der Waals surface area (Å²) < 4.78 is 11.9. The van der Waals surface area contributed by atoms with Crippen molar-refractivity contribution in [2.45, 2.75) is 13.8 Å². The summed E-state index contributed by atoms with van der Waals surface area (Å²) in [6, 6.07) is 14.3. The van der Waals surface area contributed by atoms with Crippen LogP contribution in [0.25, 0.3) is 33.3 Å². The lowest BCUT2D eigenvalue weighted by Crippen LogP contribution is -1.70. The van der Waals surface area contributed by atoms with Gasteiger partial charge in [0.25, 0.3) is 0 Å². The minimum absolute atomic E-state index is 0.869. The third-order valence-electron chi connectivity index (χ3n) is 3.61. The Morgan fingerprint density at radius 2 is 1.79 bits per heavy atom. The normalized spacial score (nSPS) is 11.7. The molecule has 0 saturated carbocycles. The Morgan fingerprint density at radius 1 is 0.947 bits per heavy atom. The maximum absolute atomic E-state index is 5.93. The van der Waals surface area contributed by atoms with Crippen LogP contribution in [0.2, 0.25) is 0 Å². The Hall–Kier alpha value is -2.35. The first-order valence-electron chi connectivity index (χ1n) is 6.38.